The molecular weight excluding hydrogens is 184 g/mol. The average molecular weight is 210 g/mol. The van der Waals surface area contributed by atoms with Gasteiger partial charge in [0.25, 0.3) is 0 Å². The van der Waals surface area contributed by atoms with Crippen LogP contribution in [0.1, 0.15) is 33.1 Å². The zero-order valence-electron chi connectivity index (χ0n) is 10.4. The first-order chi connectivity index (χ1) is 7.22. The molecule has 0 aromatic heterocycles. The Labute approximate surface area is 94.7 Å². The molecule has 2 heteroatoms. The Kier molecular flexibility index (Phi) is 5.96. The smallest absolute Gasteiger partial charge is 0.0161 e. The van der Waals surface area contributed by atoms with E-state index in [9.17, 15) is 0 Å². The molecule has 0 aliphatic carbocycles. The fourth-order valence-corrected chi connectivity index (χ4v) is 2.09. The Morgan fingerprint density at radius 2 is 2.07 bits per heavy atom. The normalized spacial score (nSPS) is 19.3. The quantitative estimate of drug-likeness (QED) is 0.649. The summed E-state index contributed by atoms with van der Waals surface area (Å²) < 4.78 is 0. The van der Waals surface area contributed by atoms with Crippen molar-refractivity contribution >= 4 is 0 Å². The Balaban J connectivity index is 2.02. The van der Waals surface area contributed by atoms with Crippen LogP contribution in [0, 0.1) is 5.92 Å². The summed E-state index contributed by atoms with van der Waals surface area (Å²) in [5, 5.41) is 3.48. The van der Waals surface area contributed by atoms with Crippen LogP contribution >= 0.6 is 0 Å². The van der Waals surface area contributed by atoms with E-state index in [2.05, 4.69) is 30.6 Å². The van der Waals surface area contributed by atoms with Crippen molar-refractivity contribution in [3.05, 3.63) is 12.2 Å². The van der Waals surface area contributed by atoms with Gasteiger partial charge in [-0.2, -0.15) is 0 Å². The van der Waals surface area contributed by atoms with Crippen molar-refractivity contribution in [2.45, 2.75) is 33.1 Å². The van der Waals surface area contributed by atoms with Gasteiger partial charge in [0.15, 0.2) is 0 Å². The fraction of sp³-hybridized carbons (Fsp3) is 0.846. The average Bonchev–Trinajstić information content (AvgIpc) is 2.70. The number of likely N-dealkylation sites (tertiary alicyclic amines) is 1. The largest absolute Gasteiger partial charge is 0.313 e. The van der Waals surface area contributed by atoms with Gasteiger partial charge < -0.3 is 10.2 Å². The lowest BCUT2D eigenvalue weighted by atomic mass is 10.1. The lowest BCUT2D eigenvalue weighted by Gasteiger charge is -2.20. The molecule has 0 aromatic carbocycles. The summed E-state index contributed by atoms with van der Waals surface area (Å²) in [5.74, 6) is 0.757. The van der Waals surface area contributed by atoms with Crippen molar-refractivity contribution in [1.82, 2.24) is 10.2 Å². The van der Waals surface area contributed by atoms with Gasteiger partial charge in [-0.1, -0.05) is 26.0 Å². The molecular formula is C13H26N2. The number of hydrogen-bond acceptors (Lipinski definition) is 2. The van der Waals surface area contributed by atoms with Crippen LogP contribution in [0.15, 0.2) is 12.2 Å². The molecule has 1 aliphatic heterocycles. The summed E-state index contributed by atoms with van der Waals surface area (Å²) >= 11 is 0. The van der Waals surface area contributed by atoms with Gasteiger partial charge in [-0.3, -0.25) is 0 Å². The van der Waals surface area contributed by atoms with Gasteiger partial charge in [0.05, 0.1) is 0 Å². The third-order valence-corrected chi connectivity index (χ3v) is 3.14. The molecule has 88 valence electrons. The molecule has 1 heterocycles. The van der Waals surface area contributed by atoms with Gasteiger partial charge in [-0.05, 0) is 44.8 Å². The Morgan fingerprint density at radius 3 is 2.67 bits per heavy atom. The molecule has 2 nitrogen and oxygen atoms in total. The Morgan fingerprint density at radius 1 is 1.40 bits per heavy atom. The second-order valence-corrected chi connectivity index (χ2v) is 4.85. The van der Waals surface area contributed by atoms with Crippen molar-refractivity contribution in [3.63, 3.8) is 0 Å². The fourth-order valence-electron chi connectivity index (χ4n) is 2.09. The minimum Gasteiger partial charge on any atom is -0.313 e. The van der Waals surface area contributed by atoms with Crippen LogP contribution in [0.4, 0.5) is 0 Å². The van der Waals surface area contributed by atoms with E-state index in [1.54, 1.807) is 0 Å². The first-order valence-corrected chi connectivity index (χ1v) is 6.32. The molecule has 1 saturated heterocycles. The van der Waals surface area contributed by atoms with Crippen LogP contribution in [0.5, 0.6) is 0 Å². The van der Waals surface area contributed by atoms with Gasteiger partial charge in [0.1, 0.15) is 0 Å². The van der Waals surface area contributed by atoms with E-state index in [4.69, 9.17) is 0 Å². The molecule has 15 heavy (non-hydrogen) atoms. The van der Waals surface area contributed by atoms with E-state index in [1.165, 1.54) is 38.0 Å². The predicted molar refractivity (Wildman–Crippen MR) is 67.1 cm³/mol. The van der Waals surface area contributed by atoms with E-state index in [0.717, 1.165) is 25.4 Å². The highest BCUT2D eigenvalue weighted by atomic mass is 15.1. The van der Waals surface area contributed by atoms with E-state index in [-0.39, 0.29) is 0 Å². The Bertz CT molecular complexity index is 183. The first kappa shape index (κ1) is 12.7. The standard InChI is InChI=1S/C13H26N2/c1-4-12(2)9-14-10-13(3)11-15-7-5-6-8-15/h13-14H,2,4-11H2,1,3H3. The maximum atomic E-state index is 4.00. The van der Waals surface area contributed by atoms with Crippen molar-refractivity contribution in [3.8, 4) is 0 Å². The molecule has 1 unspecified atom stereocenters. The molecule has 1 rings (SSSR count). The molecule has 1 fully saturated rings. The van der Waals surface area contributed by atoms with Crippen molar-refractivity contribution in [2.24, 2.45) is 5.92 Å². The molecule has 0 saturated carbocycles. The SMILES string of the molecule is C=C(CC)CNCC(C)CN1CCCC1. The summed E-state index contributed by atoms with van der Waals surface area (Å²) in [7, 11) is 0. The van der Waals surface area contributed by atoms with E-state index in [0.29, 0.717) is 0 Å². The molecule has 0 aromatic rings. The van der Waals surface area contributed by atoms with E-state index < -0.39 is 0 Å². The van der Waals surface area contributed by atoms with Gasteiger partial charge in [-0.25, -0.2) is 0 Å². The zero-order chi connectivity index (χ0) is 11.1. The van der Waals surface area contributed by atoms with Crippen LogP contribution in [-0.4, -0.2) is 37.6 Å². The third kappa shape index (κ3) is 5.33. The third-order valence-electron chi connectivity index (χ3n) is 3.14. The van der Waals surface area contributed by atoms with Crippen molar-refractivity contribution in [1.29, 1.82) is 0 Å². The summed E-state index contributed by atoms with van der Waals surface area (Å²) in [6.45, 7) is 14.5. The second-order valence-electron chi connectivity index (χ2n) is 4.85. The minimum atomic E-state index is 0.757. The predicted octanol–water partition coefficient (Wildman–Crippen LogP) is 2.27. The molecule has 0 bridgehead atoms. The molecule has 1 N–H and O–H groups in total. The van der Waals surface area contributed by atoms with Crippen LogP contribution in [0.3, 0.4) is 0 Å². The van der Waals surface area contributed by atoms with Crippen molar-refractivity contribution in [2.75, 3.05) is 32.7 Å². The highest BCUT2D eigenvalue weighted by Crippen LogP contribution is 2.09. The van der Waals surface area contributed by atoms with Gasteiger partial charge in [0, 0.05) is 13.1 Å². The van der Waals surface area contributed by atoms with Crippen LogP contribution in [-0.2, 0) is 0 Å². The maximum Gasteiger partial charge on any atom is 0.0161 e. The van der Waals surface area contributed by atoms with Crippen LogP contribution in [0.2, 0.25) is 0 Å². The zero-order valence-corrected chi connectivity index (χ0v) is 10.4. The summed E-state index contributed by atoms with van der Waals surface area (Å²) in [6.07, 6.45) is 3.88. The second kappa shape index (κ2) is 7.02. The summed E-state index contributed by atoms with van der Waals surface area (Å²) in [4.78, 5) is 2.58. The van der Waals surface area contributed by atoms with E-state index in [1.807, 2.05) is 0 Å². The molecule has 0 radical (unpaired) electrons. The highest BCUT2D eigenvalue weighted by molar-refractivity contribution is 4.94. The van der Waals surface area contributed by atoms with Crippen LogP contribution in [0.25, 0.3) is 0 Å². The maximum absolute atomic E-state index is 4.00. The number of nitrogens with one attached hydrogen (secondary N) is 1. The minimum absolute atomic E-state index is 0.757. The summed E-state index contributed by atoms with van der Waals surface area (Å²) in [5.41, 5.74) is 1.31. The van der Waals surface area contributed by atoms with Gasteiger partial charge in [-0.15, -0.1) is 0 Å². The van der Waals surface area contributed by atoms with E-state index >= 15 is 0 Å². The van der Waals surface area contributed by atoms with Gasteiger partial charge >= 0.3 is 0 Å². The Hall–Kier alpha value is -0.340. The number of hydrogen-bond donors (Lipinski definition) is 1. The number of rotatable bonds is 7. The molecule has 0 amide bonds. The monoisotopic (exact) mass is 210 g/mol. The topological polar surface area (TPSA) is 15.3 Å². The molecule has 1 atom stereocenters. The highest BCUT2D eigenvalue weighted by Gasteiger charge is 2.13. The molecule has 0 spiro atoms. The van der Waals surface area contributed by atoms with Crippen molar-refractivity contribution < 1.29 is 0 Å². The number of nitrogens with zero attached hydrogens (tertiary/aromatic N) is 1. The molecule has 1 aliphatic rings. The van der Waals surface area contributed by atoms with Crippen LogP contribution < -0.4 is 5.32 Å². The lowest BCUT2D eigenvalue weighted by molar-refractivity contribution is 0.284. The summed E-state index contributed by atoms with van der Waals surface area (Å²) in [6, 6.07) is 0. The first-order valence-electron chi connectivity index (χ1n) is 6.32. The lowest BCUT2D eigenvalue weighted by Crippen LogP contribution is -2.32. The van der Waals surface area contributed by atoms with Gasteiger partial charge in [0.2, 0.25) is 0 Å².